The van der Waals surface area contributed by atoms with Gasteiger partial charge in [0.2, 0.25) is 0 Å². The van der Waals surface area contributed by atoms with Gasteiger partial charge in [-0.2, -0.15) is 0 Å². The van der Waals surface area contributed by atoms with E-state index in [1.807, 2.05) is 37.3 Å². The van der Waals surface area contributed by atoms with Gasteiger partial charge in [-0.3, -0.25) is 10.1 Å². The molecule has 1 heterocycles. The van der Waals surface area contributed by atoms with Crippen LogP contribution in [0.4, 0.5) is 5.69 Å². The number of pyridine rings is 1. The molecular weight excluding hydrogens is 332 g/mol. The quantitative estimate of drug-likeness (QED) is 0.475. The van der Waals surface area contributed by atoms with Gasteiger partial charge in [0, 0.05) is 6.07 Å². The molecule has 3 rings (SSSR count). The zero-order chi connectivity index (χ0) is 18.5. The topological polar surface area (TPSA) is 74.5 Å². The van der Waals surface area contributed by atoms with Crippen molar-refractivity contribution in [3.63, 3.8) is 0 Å². The Balaban J connectivity index is 1.91. The second-order valence-electron chi connectivity index (χ2n) is 5.51. The van der Waals surface area contributed by atoms with Crippen molar-refractivity contribution >= 4 is 28.7 Å². The molecule has 0 amide bonds. The van der Waals surface area contributed by atoms with Gasteiger partial charge in [0.25, 0.3) is 5.69 Å². The molecule has 26 heavy (non-hydrogen) atoms. The molecule has 132 valence electrons. The summed E-state index contributed by atoms with van der Waals surface area (Å²) in [5.74, 6) is 1.36. The molecule has 0 aliphatic heterocycles. The average molecular weight is 350 g/mol. The largest absolute Gasteiger partial charge is 0.493 e. The van der Waals surface area contributed by atoms with Crippen molar-refractivity contribution in [1.29, 1.82) is 0 Å². The molecule has 0 fully saturated rings. The van der Waals surface area contributed by atoms with E-state index in [2.05, 4.69) is 4.98 Å². The van der Waals surface area contributed by atoms with E-state index < -0.39 is 4.92 Å². The predicted molar refractivity (Wildman–Crippen MR) is 101 cm³/mol. The van der Waals surface area contributed by atoms with Crippen molar-refractivity contribution in [2.24, 2.45) is 0 Å². The summed E-state index contributed by atoms with van der Waals surface area (Å²) in [6, 6.07) is 14.0. The number of hydrogen-bond acceptors (Lipinski definition) is 5. The minimum Gasteiger partial charge on any atom is -0.493 e. The number of fused-ring (bicyclic) bond motifs is 1. The van der Waals surface area contributed by atoms with Crippen molar-refractivity contribution in [2.75, 3.05) is 13.7 Å². The van der Waals surface area contributed by atoms with Crippen molar-refractivity contribution in [2.45, 2.75) is 6.92 Å². The van der Waals surface area contributed by atoms with Gasteiger partial charge >= 0.3 is 0 Å². The van der Waals surface area contributed by atoms with Crippen LogP contribution < -0.4 is 9.47 Å². The number of hydrogen-bond donors (Lipinski definition) is 0. The Hall–Kier alpha value is -3.41. The minimum absolute atomic E-state index is 0.0574. The van der Waals surface area contributed by atoms with Gasteiger partial charge in [0.1, 0.15) is 0 Å². The van der Waals surface area contributed by atoms with Crippen LogP contribution in [0.5, 0.6) is 11.5 Å². The van der Waals surface area contributed by atoms with E-state index in [9.17, 15) is 10.1 Å². The van der Waals surface area contributed by atoms with Crippen molar-refractivity contribution in [3.8, 4) is 11.5 Å². The fraction of sp³-hybridized carbons (Fsp3) is 0.150. The zero-order valence-corrected chi connectivity index (χ0v) is 14.5. The molecule has 0 aliphatic carbocycles. The van der Waals surface area contributed by atoms with Crippen LogP contribution in [-0.2, 0) is 0 Å². The number of non-ortho nitro benzene ring substituents is 1. The number of benzene rings is 2. The number of nitrogens with zero attached hydrogens (tertiary/aromatic N) is 2. The Labute approximate surface area is 150 Å². The summed E-state index contributed by atoms with van der Waals surface area (Å²) >= 11 is 0. The number of aromatic nitrogens is 1. The lowest BCUT2D eigenvalue weighted by molar-refractivity contribution is -0.383. The monoisotopic (exact) mass is 350 g/mol. The average Bonchev–Trinajstić information content (AvgIpc) is 2.66. The first-order valence-corrected chi connectivity index (χ1v) is 8.15. The predicted octanol–water partition coefficient (Wildman–Crippen LogP) is 4.72. The highest BCUT2D eigenvalue weighted by Crippen LogP contribution is 2.29. The number of rotatable bonds is 6. The molecule has 0 aliphatic rings. The molecule has 0 atom stereocenters. The van der Waals surface area contributed by atoms with Crippen LogP contribution in [0.2, 0.25) is 0 Å². The molecular formula is C20H18N2O4. The molecule has 3 aromatic rings. The van der Waals surface area contributed by atoms with Crippen LogP contribution in [0.3, 0.4) is 0 Å². The molecule has 0 spiro atoms. The lowest BCUT2D eigenvalue weighted by Gasteiger charge is -2.09. The highest BCUT2D eigenvalue weighted by atomic mass is 16.6. The van der Waals surface area contributed by atoms with Crippen LogP contribution >= 0.6 is 0 Å². The third-order valence-electron chi connectivity index (χ3n) is 3.86. The Morgan fingerprint density at radius 2 is 1.96 bits per heavy atom. The van der Waals surface area contributed by atoms with Crippen molar-refractivity contribution in [1.82, 2.24) is 4.98 Å². The Morgan fingerprint density at radius 3 is 2.69 bits per heavy atom. The zero-order valence-electron chi connectivity index (χ0n) is 14.5. The summed E-state index contributed by atoms with van der Waals surface area (Å²) in [7, 11) is 1.60. The van der Waals surface area contributed by atoms with Crippen LogP contribution in [0.1, 0.15) is 18.2 Å². The second kappa shape index (κ2) is 7.65. The second-order valence-corrected chi connectivity index (χ2v) is 5.51. The Morgan fingerprint density at radius 1 is 1.12 bits per heavy atom. The molecule has 2 aromatic carbocycles. The first kappa shape index (κ1) is 17.4. The van der Waals surface area contributed by atoms with E-state index in [-0.39, 0.29) is 5.69 Å². The summed E-state index contributed by atoms with van der Waals surface area (Å²) in [6.45, 7) is 2.47. The lowest BCUT2D eigenvalue weighted by Crippen LogP contribution is -1.95. The summed E-state index contributed by atoms with van der Waals surface area (Å²) in [5, 5.41) is 11.6. The maximum atomic E-state index is 11.1. The fourth-order valence-electron chi connectivity index (χ4n) is 2.65. The number of ether oxygens (including phenoxy) is 2. The third-order valence-corrected chi connectivity index (χ3v) is 3.86. The molecule has 0 unspecified atom stereocenters. The van der Waals surface area contributed by atoms with E-state index in [0.717, 1.165) is 5.56 Å². The molecule has 1 aromatic heterocycles. The first-order chi connectivity index (χ1) is 12.6. The Kier molecular flexibility index (Phi) is 5.12. The molecule has 0 saturated carbocycles. The maximum Gasteiger partial charge on any atom is 0.278 e. The summed E-state index contributed by atoms with van der Waals surface area (Å²) in [6.07, 6.45) is 3.77. The third kappa shape index (κ3) is 3.64. The molecule has 0 bridgehead atoms. The van der Waals surface area contributed by atoms with Gasteiger partial charge in [-0.1, -0.05) is 18.2 Å². The van der Waals surface area contributed by atoms with Gasteiger partial charge < -0.3 is 9.47 Å². The van der Waals surface area contributed by atoms with Crippen molar-refractivity contribution < 1.29 is 14.4 Å². The van der Waals surface area contributed by atoms with Crippen LogP contribution in [0, 0.1) is 10.1 Å². The number of nitro groups is 1. The van der Waals surface area contributed by atoms with Crippen molar-refractivity contribution in [3.05, 3.63) is 69.9 Å². The van der Waals surface area contributed by atoms with Crippen LogP contribution in [0.15, 0.2) is 48.5 Å². The van der Waals surface area contributed by atoms with Gasteiger partial charge in [0.05, 0.1) is 35.2 Å². The maximum absolute atomic E-state index is 11.1. The summed E-state index contributed by atoms with van der Waals surface area (Å²) in [4.78, 5) is 15.2. The van der Waals surface area contributed by atoms with Crippen LogP contribution in [-0.4, -0.2) is 23.6 Å². The Bertz CT molecular complexity index is 983. The molecule has 0 saturated heterocycles. The van der Waals surface area contributed by atoms with E-state index in [1.165, 1.54) is 6.07 Å². The molecule has 0 radical (unpaired) electrons. The SMILES string of the molecule is CCOc1cc(/C=C/c2ccc3c([N+](=O)[O-])cccc3n2)ccc1OC. The number of nitro benzene ring substituents is 1. The van der Waals surface area contributed by atoms with E-state index in [4.69, 9.17) is 9.47 Å². The van der Waals surface area contributed by atoms with Gasteiger partial charge in [-0.05, 0) is 48.9 Å². The fourth-order valence-corrected chi connectivity index (χ4v) is 2.65. The van der Waals surface area contributed by atoms with Crippen LogP contribution in [0.25, 0.3) is 23.1 Å². The van der Waals surface area contributed by atoms with Gasteiger partial charge in [-0.15, -0.1) is 0 Å². The minimum atomic E-state index is -0.397. The van der Waals surface area contributed by atoms with Gasteiger partial charge in [0.15, 0.2) is 11.5 Å². The first-order valence-electron chi connectivity index (χ1n) is 8.15. The van der Waals surface area contributed by atoms with E-state index in [0.29, 0.717) is 34.7 Å². The summed E-state index contributed by atoms with van der Waals surface area (Å²) in [5.41, 5.74) is 2.30. The highest BCUT2D eigenvalue weighted by molar-refractivity contribution is 5.89. The lowest BCUT2D eigenvalue weighted by atomic mass is 10.1. The molecule has 6 heteroatoms. The van der Waals surface area contributed by atoms with Gasteiger partial charge in [-0.25, -0.2) is 4.98 Å². The smallest absolute Gasteiger partial charge is 0.278 e. The standard InChI is InChI=1S/C20H18N2O4/c1-3-26-20-13-14(8-12-19(20)25-2)7-9-15-10-11-16-17(21-15)5-4-6-18(16)22(23)24/h4-13H,3H2,1-2H3/b9-7+. The summed E-state index contributed by atoms with van der Waals surface area (Å²) < 4.78 is 10.9. The van der Waals surface area contributed by atoms with E-state index in [1.54, 1.807) is 31.4 Å². The molecule has 6 nitrogen and oxygen atoms in total. The molecule has 0 N–H and O–H groups in total. The number of methoxy groups -OCH3 is 1. The van der Waals surface area contributed by atoms with E-state index >= 15 is 0 Å². The highest BCUT2D eigenvalue weighted by Gasteiger charge is 2.11. The normalized spacial score (nSPS) is 11.0.